The lowest BCUT2D eigenvalue weighted by atomic mass is 9.84. The molecule has 3 atom stereocenters. The summed E-state index contributed by atoms with van der Waals surface area (Å²) in [5, 5.41) is 0. The number of ketones is 2. The SMILES string of the molecule is CC(=O)CC(=O)C1CC2CCC1C2. The zero-order valence-corrected chi connectivity index (χ0v) is 8.08. The Kier molecular flexibility index (Phi) is 2.22. The highest BCUT2D eigenvalue weighted by Gasteiger charge is 2.42. The first-order valence-electron chi connectivity index (χ1n) is 5.19. The minimum absolute atomic E-state index is 0.0211. The molecule has 2 bridgehead atoms. The molecule has 2 saturated carbocycles. The van der Waals surface area contributed by atoms with Crippen LogP contribution in [0.25, 0.3) is 0 Å². The molecular formula is C11H16O2. The highest BCUT2D eigenvalue weighted by molar-refractivity contribution is 5.99. The Morgan fingerprint density at radius 3 is 2.46 bits per heavy atom. The quantitative estimate of drug-likeness (QED) is 0.622. The van der Waals surface area contributed by atoms with Gasteiger partial charge < -0.3 is 0 Å². The zero-order valence-electron chi connectivity index (χ0n) is 8.08. The summed E-state index contributed by atoms with van der Waals surface area (Å²) >= 11 is 0. The van der Waals surface area contributed by atoms with Crippen LogP contribution in [0.1, 0.15) is 39.0 Å². The van der Waals surface area contributed by atoms with E-state index in [2.05, 4.69) is 0 Å². The molecule has 72 valence electrons. The molecule has 0 aliphatic heterocycles. The van der Waals surface area contributed by atoms with Crippen molar-refractivity contribution >= 4 is 11.6 Å². The van der Waals surface area contributed by atoms with Crippen molar-refractivity contribution < 1.29 is 9.59 Å². The predicted octanol–water partition coefficient (Wildman–Crippen LogP) is 1.97. The monoisotopic (exact) mass is 180 g/mol. The van der Waals surface area contributed by atoms with Crippen molar-refractivity contribution in [3.8, 4) is 0 Å². The molecule has 2 heteroatoms. The van der Waals surface area contributed by atoms with E-state index in [4.69, 9.17) is 0 Å². The van der Waals surface area contributed by atoms with Gasteiger partial charge in [0.05, 0.1) is 6.42 Å². The standard InChI is InChI=1S/C11H16O2/c1-7(12)4-11(13)10-6-8-2-3-9(10)5-8/h8-10H,2-6H2,1H3. The van der Waals surface area contributed by atoms with E-state index in [1.54, 1.807) is 0 Å². The summed E-state index contributed by atoms with van der Waals surface area (Å²) in [5.74, 6) is 1.89. The molecule has 0 aromatic heterocycles. The lowest BCUT2D eigenvalue weighted by Gasteiger charge is -2.19. The van der Waals surface area contributed by atoms with E-state index < -0.39 is 0 Å². The molecule has 0 N–H and O–H groups in total. The van der Waals surface area contributed by atoms with Crippen molar-refractivity contribution in [3.05, 3.63) is 0 Å². The molecule has 0 radical (unpaired) electrons. The van der Waals surface area contributed by atoms with Gasteiger partial charge in [0.2, 0.25) is 0 Å². The van der Waals surface area contributed by atoms with E-state index in [1.165, 1.54) is 26.2 Å². The van der Waals surface area contributed by atoms with Gasteiger partial charge in [0.25, 0.3) is 0 Å². The van der Waals surface area contributed by atoms with Crippen molar-refractivity contribution in [2.24, 2.45) is 17.8 Å². The van der Waals surface area contributed by atoms with Crippen LogP contribution in [0.2, 0.25) is 0 Å². The molecule has 2 fully saturated rings. The van der Waals surface area contributed by atoms with E-state index in [0.29, 0.717) is 5.92 Å². The van der Waals surface area contributed by atoms with Gasteiger partial charge in [-0.3, -0.25) is 9.59 Å². The van der Waals surface area contributed by atoms with Crippen LogP contribution in [-0.4, -0.2) is 11.6 Å². The second kappa shape index (κ2) is 3.24. The van der Waals surface area contributed by atoms with Crippen LogP contribution in [0.15, 0.2) is 0 Å². The van der Waals surface area contributed by atoms with Gasteiger partial charge in [-0.15, -0.1) is 0 Å². The van der Waals surface area contributed by atoms with Crippen LogP contribution >= 0.6 is 0 Å². The van der Waals surface area contributed by atoms with Gasteiger partial charge in [-0.2, -0.15) is 0 Å². The van der Waals surface area contributed by atoms with Gasteiger partial charge in [0, 0.05) is 5.92 Å². The summed E-state index contributed by atoms with van der Waals surface area (Å²) in [6, 6.07) is 0. The van der Waals surface area contributed by atoms with Crippen molar-refractivity contribution in [1.82, 2.24) is 0 Å². The van der Waals surface area contributed by atoms with E-state index in [9.17, 15) is 9.59 Å². The van der Waals surface area contributed by atoms with Crippen LogP contribution in [0.3, 0.4) is 0 Å². The first-order chi connectivity index (χ1) is 6.16. The Bertz CT molecular complexity index is 244. The van der Waals surface area contributed by atoms with Crippen molar-refractivity contribution in [3.63, 3.8) is 0 Å². The second-order valence-corrected chi connectivity index (χ2v) is 4.63. The predicted molar refractivity (Wildman–Crippen MR) is 49.2 cm³/mol. The normalized spacial score (nSPS) is 36.5. The molecule has 0 spiro atoms. The average Bonchev–Trinajstić information content (AvgIpc) is 2.62. The first-order valence-corrected chi connectivity index (χ1v) is 5.19. The summed E-state index contributed by atoms with van der Waals surface area (Å²) in [7, 11) is 0. The highest BCUT2D eigenvalue weighted by Crippen LogP contribution is 2.48. The molecule has 3 unspecified atom stereocenters. The van der Waals surface area contributed by atoms with Crippen LogP contribution < -0.4 is 0 Å². The molecule has 0 heterocycles. The Morgan fingerprint density at radius 1 is 1.23 bits per heavy atom. The van der Waals surface area contributed by atoms with Crippen LogP contribution in [0.5, 0.6) is 0 Å². The van der Waals surface area contributed by atoms with Gasteiger partial charge in [-0.25, -0.2) is 0 Å². The molecular weight excluding hydrogens is 164 g/mol. The average molecular weight is 180 g/mol. The minimum atomic E-state index is 0.0211. The summed E-state index contributed by atoms with van der Waals surface area (Å²) in [6.45, 7) is 1.51. The Labute approximate surface area is 78.7 Å². The number of Topliss-reactive ketones (excluding diaryl/α,β-unsaturated/α-hetero) is 2. The van der Waals surface area contributed by atoms with Gasteiger partial charge in [-0.05, 0) is 38.0 Å². The maximum atomic E-state index is 11.6. The molecule has 0 aromatic rings. The first kappa shape index (κ1) is 8.92. The smallest absolute Gasteiger partial charge is 0.143 e. The Balaban J connectivity index is 1.95. The molecule has 0 saturated heterocycles. The number of carbonyl (C=O) groups excluding carboxylic acids is 2. The fourth-order valence-electron chi connectivity index (χ4n) is 3.02. The van der Waals surface area contributed by atoms with Crippen molar-refractivity contribution in [1.29, 1.82) is 0 Å². The van der Waals surface area contributed by atoms with Crippen molar-refractivity contribution in [2.45, 2.75) is 39.0 Å². The lowest BCUT2D eigenvalue weighted by Crippen LogP contribution is -2.22. The fraction of sp³-hybridized carbons (Fsp3) is 0.818. The van der Waals surface area contributed by atoms with E-state index in [1.807, 2.05) is 0 Å². The van der Waals surface area contributed by atoms with E-state index >= 15 is 0 Å². The maximum Gasteiger partial charge on any atom is 0.143 e. The third kappa shape index (κ3) is 1.67. The lowest BCUT2D eigenvalue weighted by molar-refractivity contribution is -0.129. The third-order valence-electron chi connectivity index (χ3n) is 3.57. The zero-order chi connectivity index (χ0) is 9.42. The van der Waals surface area contributed by atoms with Crippen LogP contribution in [0, 0.1) is 17.8 Å². The fourth-order valence-corrected chi connectivity index (χ4v) is 3.02. The highest BCUT2D eigenvalue weighted by atomic mass is 16.1. The Hall–Kier alpha value is -0.660. The molecule has 2 nitrogen and oxygen atoms in total. The topological polar surface area (TPSA) is 34.1 Å². The van der Waals surface area contributed by atoms with Gasteiger partial charge >= 0.3 is 0 Å². The molecule has 2 aliphatic carbocycles. The van der Waals surface area contributed by atoms with Crippen LogP contribution in [0.4, 0.5) is 0 Å². The van der Waals surface area contributed by atoms with E-state index in [0.717, 1.165) is 12.3 Å². The number of carbonyl (C=O) groups is 2. The Morgan fingerprint density at radius 2 is 2.00 bits per heavy atom. The van der Waals surface area contributed by atoms with E-state index in [-0.39, 0.29) is 23.9 Å². The van der Waals surface area contributed by atoms with Gasteiger partial charge in [0.15, 0.2) is 0 Å². The number of hydrogen-bond acceptors (Lipinski definition) is 2. The summed E-state index contributed by atoms with van der Waals surface area (Å²) in [6.07, 6.45) is 5.02. The van der Waals surface area contributed by atoms with Crippen molar-refractivity contribution in [2.75, 3.05) is 0 Å². The largest absolute Gasteiger partial charge is 0.300 e. The van der Waals surface area contributed by atoms with Gasteiger partial charge in [0.1, 0.15) is 11.6 Å². The molecule has 2 rings (SSSR count). The summed E-state index contributed by atoms with van der Waals surface area (Å²) < 4.78 is 0. The molecule has 13 heavy (non-hydrogen) atoms. The molecule has 0 amide bonds. The number of fused-ring (bicyclic) bond motifs is 2. The number of rotatable bonds is 3. The molecule has 0 aromatic carbocycles. The third-order valence-corrected chi connectivity index (χ3v) is 3.57. The minimum Gasteiger partial charge on any atom is -0.300 e. The maximum absolute atomic E-state index is 11.6. The van der Waals surface area contributed by atoms with Crippen LogP contribution in [-0.2, 0) is 9.59 Å². The summed E-state index contributed by atoms with van der Waals surface area (Å²) in [5.41, 5.74) is 0. The van der Waals surface area contributed by atoms with Gasteiger partial charge in [-0.1, -0.05) is 6.42 Å². The molecule has 2 aliphatic rings. The number of hydrogen-bond donors (Lipinski definition) is 0. The summed E-state index contributed by atoms with van der Waals surface area (Å²) in [4.78, 5) is 22.4. The second-order valence-electron chi connectivity index (χ2n) is 4.63.